The first-order valence-electron chi connectivity index (χ1n) is 5.44. The molecule has 0 unspecified atom stereocenters. The van der Waals surface area contributed by atoms with Crippen molar-refractivity contribution in [1.82, 2.24) is 14.7 Å². The van der Waals surface area contributed by atoms with Crippen molar-refractivity contribution in [1.29, 1.82) is 0 Å². The monoisotopic (exact) mass is 297 g/mol. The van der Waals surface area contributed by atoms with Crippen LogP contribution in [-0.4, -0.2) is 34.6 Å². The van der Waals surface area contributed by atoms with Crippen molar-refractivity contribution in [3.05, 3.63) is 42.0 Å². The van der Waals surface area contributed by atoms with E-state index in [0.717, 1.165) is 18.2 Å². The Morgan fingerprint density at radius 1 is 1.40 bits per heavy atom. The third-order valence-corrected chi connectivity index (χ3v) is 3.89. The van der Waals surface area contributed by atoms with Gasteiger partial charge in [0.25, 0.3) is 0 Å². The summed E-state index contributed by atoms with van der Waals surface area (Å²) in [4.78, 5) is 17.2. The molecule has 0 atom stereocenters. The number of aromatic amines is 1. The Bertz CT molecular complexity index is 725. The number of nitrogens with one attached hydrogen (secondary N) is 2. The molecule has 1 aromatic carbocycles. The quantitative estimate of drug-likeness (QED) is 0.627. The second-order valence-corrected chi connectivity index (χ2v) is 5.61. The molecule has 20 heavy (non-hydrogen) atoms. The van der Waals surface area contributed by atoms with Crippen LogP contribution in [0.2, 0.25) is 0 Å². The molecule has 0 spiro atoms. The molecule has 1 aromatic heterocycles. The van der Waals surface area contributed by atoms with E-state index in [1.54, 1.807) is 6.20 Å². The lowest BCUT2D eigenvalue weighted by Gasteiger charge is -2.07. The van der Waals surface area contributed by atoms with Gasteiger partial charge in [0, 0.05) is 12.4 Å². The number of aromatic nitrogens is 2. The number of phenols is 1. The molecule has 0 amide bonds. The maximum absolute atomic E-state index is 12.0. The smallest absolute Gasteiger partial charge is 0.339 e. The highest BCUT2D eigenvalue weighted by molar-refractivity contribution is 7.89. The van der Waals surface area contributed by atoms with Crippen LogP contribution in [0.15, 0.2) is 35.5 Å². The minimum atomic E-state index is -3.89. The Balaban J connectivity index is 2.25. The van der Waals surface area contributed by atoms with Crippen LogP contribution in [0.1, 0.15) is 16.2 Å². The predicted molar refractivity (Wildman–Crippen MR) is 67.7 cm³/mol. The van der Waals surface area contributed by atoms with Crippen LogP contribution in [0.5, 0.6) is 5.75 Å². The van der Waals surface area contributed by atoms with Gasteiger partial charge in [-0.1, -0.05) is 0 Å². The molecule has 0 saturated heterocycles. The first-order valence-corrected chi connectivity index (χ1v) is 6.93. The zero-order chi connectivity index (χ0) is 14.8. The summed E-state index contributed by atoms with van der Waals surface area (Å²) in [6, 6.07) is 3.03. The number of sulfonamides is 1. The Kier molecular flexibility index (Phi) is 3.72. The Hall–Kier alpha value is -2.39. The number of carboxylic acid groups (broad SMARTS) is 1. The molecular weight excluding hydrogens is 286 g/mol. The van der Waals surface area contributed by atoms with Gasteiger partial charge in [-0.05, 0) is 18.2 Å². The number of nitrogens with zero attached hydrogens (tertiary/aromatic N) is 1. The predicted octanol–water partition coefficient (Wildman–Crippen LogP) is 0.292. The summed E-state index contributed by atoms with van der Waals surface area (Å²) in [7, 11) is -3.89. The summed E-state index contributed by atoms with van der Waals surface area (Å²) < 4.78 is 26.2. The van der Waals surface area contributed by atoms with Crippen molar-refractivity contribution in [3.8, 4) is 5.75 Å². The van der Waals surface area contributed by atoms with Crippen LogP contribution in [-0.2, 0) is 16.6 Å². The van der Waals surface area contributed by atoms with Gasteiger partial charge >= 0.3 is 5.97 Å². The second-order valence-electron chi connectivity index (χ2n) is 3.84. The highest BCUT2D eigenvalue weighted by Gasteiger charge is 2.18. The van der Waals surface area contributed by atoms with Crippen molar-refractivity contribution in [2.75, 3.05) is 0 Å². The molecule has 9 heteroatoms. The normalized spacial score (nSPS) is 11.4. The zero-order valence-electron chi connectivity index (χ0n) is 10.1. The SMILES string of the molecule is O=C(O)c1cc(S(=O)(=O)NCc2ncc[nH]2)ccc1O. The van der Waals surface area contributed by atoms with E-state index in [0.29, 0.717) is 5.82 Å². The maximum atomic E-state index is 12.0. The average Bonchev–Trinajstić information content (AvgIpc) is 2.89. The third kappa shape index (κ3) is 2.95. The number of hydrogen-bond acceptors (Lipinski definition) is 5. The molecule has 2 aromatic rings. The van der Waals surface area contributed by atoms with E-state index in [4.69, 9.17) is 5.11 Å². The van der Waals surface area contributed by atoms with E-state index in [9.17, 15) is 18.3 Å². The highest BCUT2D eigenvalue weighted by Crippen LogP contribution is 2.21. The summed E-state index contributed by atoms with van der Waals surface area (Å²) in [6.07, 6.45) is 3.03. The van der Waals surface area contributed by atoms with Crippen LogP contribution in [0, 0.1) is 0 Å². The molecule has 0 bridgehead atoms. The van der Waals surface area contributed by atoms with E-state index in [2.05, 4.69) is 14.7 Å². The van der Waals surface area contributed by atoms with Crippen molar-refractivity contribution >= 4 is 16.0 Å². The summed E-state index contributed by atoms with van der Waals surface area (Å²) in [6.45, 7) is -0.0569. The van der Waals surface area contributed by atoms with Gasteiger partial charge in [-0.3, -0.25) is 0 Å². The fourth-order valence-electron chi connectivity index (χ4n) is 1.49. The number of hydrogen-bond donors (Lipinski definition) is 4. The minimum Gasteiger partial charge on any atom is -0.507 e. The first-order chi connectivity index (χ1) is 9.40. The topological polar surface area (TPSA) is 132 Å². The van der Waals surface area contributed by atoms with Gasteiger partial charge in [0.05, 0.1) is 11.4 Å². The highest BCUT2D eigenvalue weighted by atomic mass is 32.2. The largest absolute Gasteiger partial charge is 0.507 e. The van der Waals surface area contributed by atoms with Crippen LogP contribution in [0.3, 0.4) is 0 Å². The van der Waals surface area contributed by atoms with Crippen LogP contribution in [0.25, 0.3) is 0 Å². The molecule has 0 saturated carbocycles. The number of carboxylic acids is 1. The number of aromatic carboxylic acids is 1. The van der Waals surface area contributed by atoms with E-state index in [-0.39, 0.29) is 11.4 Å². The van der Waals surface area contributed by atoms with Crippen LogP contribution >= 0.6 is 0 Å². The molecular formula is C11H11N3O5S. The van der Waals surface area contributed by atoms with Gasteiger partial charge in [-0.2, -0.15) is 0 Å². The van der Waals surface area contributed by atoms with Crippen LogP contribution in [0.4, 0.5) is 0 Å². The Morgan fingerprint density at radius 3 is 2.75 bits per heavy atom. The number of carbonyl (C=O) groups is 1. The van der Waals surface area contributed by atoms with E-state index < -0.39 is 27.3 Å². The molecule has 0 aliphatic heterocycles. The molecule has 2 rings (SSSR count). The fraction of sp³-hybridized carbons (Fsp3) is 0.0909. The maximum Gasteiger partial charge on any atom is 0.339 e. The van der Waals surface area contributed by atoms with Gasteiger partial charge in [-0.25, -0.2) is 22.9 Å². The van der Waals surface area contributed by atoms with Gasteiger partial charge in [0.1, 0.15) is 17.1 Å². The van der Waals surface area contributed by atoms with Gasteiger partial charge in [0.15, 0.2) is 0 Å². The summed E-state index contributed by atoms with van der Waals surface area (Å²) >= 11 is 0. The molecule has 0 radical (unpaired) electrons. The molecule has 0 fully saturated rings. The van der Waals surface area contributed by atoms with Crippen LogP contribution < -0.4 is 4.72 Å². The molecule has 106 valence electrons. The number of H-pyrrole nitrogens is 1. The molecule has 1 heterocycles. The molecule has 0 aliphatic carbocycles. The molecule has 8 nitrogen and oxygen atoms in total. The molecule has 4 N–H and O–H groups in total. The number of imidazole rings is 1. The average molecular weight is 297 g/mol. The summed E-state index contributed by atoms with van der Waals surface area (Å²) in [5.74, 6) is -1.49. The Morgan fingerprint density at radius 2 is 2.15 bits per heavy atom. The van der Waals surface area contributed by atoms with E-state index in [1.807, 2.05) is 0 Å². The third-order valence-electron chi connectivity index (χ3n) is 2.49. The van der Waals surface area contributed by atoms with E-state index >= 15 is 0 Å². The lowest BCUT2D eigenvalue weighted by atomic mass is 10.2. The first kappa shape index (κ1) is 14.0. The summed E-state index contributed by atoms with van der Waals surface area (Å²) in [5, 5.41) is 18.2. The lowest BCUT2D eigenvalue weighted by Crippen LogP contribution is -2.24. The van der Waals surface area contributed by atoms with Gasteiger partial charge in [0.2, 0.25) is 10.0 Å². The standard InChI is InChI=1S/C11H11N3O5S/c15-9-2-1-7(5-8(9)11(16)17)20(18,19)14-6-10-12-3-4-13-10/h1-5,14-15H,6H2,(H,12,13)(H,16,17). The number of rotatable bonds is 5. The summed E-state index contributed by atoms with van der Waals surface area (Å²) in [5.41, 5.74) is -0.481. The van der Waals surface area contributed by atoms with Crippen molar-refractivity contribution in [3.63, 3.8) is 0 Å². The minimum absolute atomic E-state index is 0.0569. The Labute approximate surface area is 114 Å². The fourth-order valence-corrected chi connectivity index (χ4v) is 2.51. The number of benzene rings is 1. The van der Waals surface area contributed by atoms with E-state index in [1.165, 1.54) is 6.20 Å². The van der Waals surface area contributed by atoms with Gasteiger partial charge in [-0.15, -0.1) is 0 Å². The second kappa shape index (κ2) is 5.31. The molecule has 0 aliphatic rings. The van der Waals surface area contributed by atoms with Crippen molar-refractivity contribution < 1.29 is 23.4 Å². The lowest BCUT2D eigenvalue weighted by molar-refractivity contribution is 0.0693. The van der Waals surface area contributed by atoms with Crippen molar-refractivity contribution in [2.45, 2.75) is 11.4 Å². The van der Waals surface area contributed by atoms with Crippen molar-refractivity contribution in [2.24, 2.45) is 0 Å². The zero-order valence-corrected chi connectivity index (χ0v) is 10.9. The van der Waals surface area contributed by atoms with Gasteiger partial charge < -0.3 is 15.2 Å². The number of aromatic hydroxyl groups is 1.